The Morgan fingerprint density at radius 2 is 2.13 bits per heavy atom. The lowest BCUT2D eigenvalue weighted by Gasteiger charge is -2.14. The fraction of sp³-hybridized carbons (Fsp3) is 0.389. The number of rotatable bonds is 4. The molecule has 5 heteroatoms. The molecule has 23 heavy (non-hydrogen) atoms. The van der Waals surface area contributed by atoms with Crippen molar-refractivity contribution in [1.29, 1.82) is 0 Å². The van der Waals surface area contributed by atoms with E-state index in [0.717, 1.165) is 46.1 Å². The highest BCUT2D eigenvalue weighted by atomic mass is 32.1. The number of aryl methyl sites for hydroxylation is 1. The summed E-state index contributed by atoms with van der Waals surface area (Å²) < 4.78 is 5.20. The maximum Gasteiger partial charge on any atom is 0.263 e. The summed E-state index contributed by atoms with van der Waals surface area (Å²) in [6, 6.07) is 9.96. The van der Waals surface area contributed by atoms with E-state index in [1.165, 1.54) is 0 Å². The van der Waals surface area contributed by atoms with Gasteiger partial charge >= 0.3 is 0 Å². The average Bonchev–Trinajstić information content (AvgIpc) is 3.21. The molecule has 2 aromatic rings. The summed E-state index contributed by atoms with van der Waals surface area (Å²) in [5.74, 6) is 1.41. The number of hydrogen-bond acceptors (Lipinski definition) is 4. The number of ether oxygens (including phenoxy) is 1. The normalized spacial score (nSPS) is 17.5. The lowest BCUT2D eigenvalue weighted by molar-refractivity contribution is 0.0792. The molecule has 1 aromatic carbocycles. The van der Waals surface area contributed by atoms with Crippen LogP contribution in [0.25, 0.3) is 11.1 Å². The minimum absolute atomic E-state index is 0.133. The first-order chi connectivity index (χ1) is 11.1. The molecule has 0 aliphatic carbocycles. The third-order valence-corrected chi connectivity index (χ3v) is 5.47. The number of carbonyl (C=O) groups is 1. The topological polar surface area (TPSA) is 55.6 Å². The Hall–Kier alpha value is -1.85. The SMILES string of the molecule is COc1ccc(-c2cc(C(=O)N3CCC(CN)C3)sc2C)cc1. The van der Waals surface area contributed by atoms with Crippen molar-refractivity contribution >= 4 is 17.2 Å². The average molecular weight is 330 g/mol. The highest BCUT2D eigenvalue weighted by Gasteiger charge is 2.27. The van der Waals surface area contributed by atoms with Crippen LogP contribution >= 0.6 is 11.3 Å². The largest absolute Gasteiger partial charge is 0.497 e. The molecule has 122 valence electrons. The van der Waals surface area contributed by atoms with Crippen molar-refractivity contribution in [2.75, 3.05) is 26.7 Å². The summed E-state index contributed by atoms with van der Waals surface area (Å²) in [6.45, 7) is 4.32. The molecular formula is C18H22N2O2S. The van der Waals surface area contributed by atoms with Crippen molar-refractivity contribution in [3.05, 3.63) is 40.1 Å². The molecule has 0 spiro atoms. The number of nitrogens with two attached hydrogens (primary N) is 1. The van der Waals surface area contributed by atoms with E-state index in [0.29, 0.717) is 12.5 Å². The van der Waals surface area contributed by atoms with Gasteiger partial charge in [-0.3, -0.25) is 4.79 Å². The summed E-state index contributed by atoms with van der Waals surface area (Å²) in [4.78, 5) is 16.6. The van der Waals surface area contributed by atoms with E-state index < -0.39 is 0 Å². The first-order valence-corrected chi connectivity index (χ1v) is 8.68. The monoisotopic (exact) mass is 330 g/mol. The van der Waals surface area contributed by atoms with E-state index in [4.69, 9.17) is 10.5 Å². The number of methoxy groups -OCH3 is 1. The number of amides is 1. The lowest BCUT2D eigenvalue weighted by Crippen LogP contribution is -2.29. The second-order valence-corrected chi connectivity index (χ2v) is 7.21. The molecule has 3 rings (SSSR count). The van der Waals surface area contributed by atoms with Crippen LogP contribution in [0.15, 0.2) is 30.3 Å². The van der Waals surface area contributed by atoms with Crippen molar-refractivity contribution in [1.82, 2.24) is 4.90 Å². The van der Waals surface area contributed by atoms with Gasteiger partial charge in [0.05, 0.1) is 12.0 Å². The van der Waals surface area contributed by atoms with Crippen molar-refractivity contribution in [3.63, 3.8) is 0 Å². The molecule has 1 atom stereocenters. The number of hydrogen-bond donors (Lipinski definition) is 1. The van der Waals surface area contributed by atoms with Crippen LogP contribution in [0.3, 0.4) is 0 Å². The Labute approximate surface area is 140 Å². The van der Waals surface area contributed by atoms with Gasteiger partial charge in [-0.25, -0.2) is 0 Å². The Morgan fingerprint density at radius 1 is 1.39 bits per heavy atom. The van der Waals surface area contributed by atoms with Crippen LogP contribution in [0.4, 0.5) is 0 Å². The zero-order valence-corrected chi connectivity index (χ0v) is 14.4. The molecule has 1 amide bonds. The molecule has 1 unspecified atom stereocenters. The second-order valence-electron chi connectivity index (χ2n) is 5.95. The van der Waals surface area contributed by atoms with Gasteiger partial charge in [0.1, 0.15) is 5.75 Å². The maximum atomic E-state index is 12.7. The predicted molar refractivity (Wildman–Crippen MR) is 94.1 cm³/mol. The van der Waals surface area contributed by atoms with Gasteiger partial charge in [0.15, 0.2) is 0 Å². The summed E-state index contributed by atoms with van der Waals surface area (Å²) >= 11 is 1.57. The summed E-state index contributed by atoms with van der Waals surface area (Å²) in [7, 11) is 1.66. The number of carbonyl (C=O) groups excluding carboxylic acids is 1. The second kappa shape index (κ2) is 6.72. The van der Waals surface area contributed by atoms with Crippen molar-refractivity contribution < 1.29 is 9.53 Å². The summed E-state index contributed by atoms with van der Waals surface area (Å²) in [5.41, 5.74) is 7.95. The Bertz CT molecular complexity index is 694. The van der Waals surface area contributed by atoms with E-state index >= 15 is 0 Å². The van der Waals surface area contributed by atoms with E-state index in [9.17, 15) is 4.79 Å². The van der Waals surface area contributed by atoms with Crippen LogP contribution in [0, 0.1) is 12.8 Å². The highest BCUT2D eigenvalue weighted by molar-refractivity contribution is 7.14. The number of thiophene rings is 1. The Kier molecular flexibility index (Phi) is 4.68. The van der Waals surface area contributed by atoms with E-state index in [-0.39, 0.29) is 5.91 Å². The van der Waals surface area contributed by atoms with Gasteiger partial charge in [-0.05, 0) is 55.1 Å². The third-order valence-electron chi connectivity index (χ3n) is 4.44. The number of benzene rings is 1. The van der Waals surface area contributed by atoms with Crippen LogP contribution in [-0.2, 0) is 0 Å². The van der Waals surface area contributed by atoms with Gasteiger partial charge in [0.25, 0.3) is 5.91 Å². The molecule has 0 saturated carbocycles. The van der Waals surface area contributed by atoms with Gasteiger partial charge < -0.3 is 15.4 Å². The zero-order chi connectivity index (χ0) is 16.4. The highest BCUT2D eigenvalue weighted by Crippen LogP contribution is 2.33. The van der Waals surface area contributed by atoms with Crippen LogP contribution < -0.4 is 10.5 Å². The van der Waals surface area contributed by atoms with Crippen LogP contribution in [-0.4, -0.2) is 37.6 Å². The smallest absolute Gasteiger partial charge is 0.263 e. The maximum absolute atomic E-state index is 12.7. The molecule has 1 aromatic heterocycles. The van der Waals surface area contributed by atoms with Gasteiger partial charge in [0, 0.05) is 18.0 Å². The van der Waals surface area contributed by atoms with Gasteiger partial charge in [-0.1, -0.05) is 12.1 Å². The van der Waals surface area contributed by atoms with Crippen LogP contribution in [0.5, 0.6) is 5.75 Å². The predicted octanol–water partition coefficient (Wildman–Crippen LogP) is 3.15. The molecule has 2 N–H and O–H groups in total. The fourth-order valence-electron chi connectivity index (χ4n) is 3.01. The first kappa shape index (κ1) is 16.0. The van der Waals surface area contributed by atoms with Gasteiger partial charge in [-0.2, -0.15) is 0 Å². The molecule has 4 nitrogen and oxygen atoms in total. The van der Waals surface area contributed by atoms with E-state index in [1.54, 1.807) is 18.4 Å². The molecular weight excluding hydrogens is 308 g/mol. The summed E-state index contributed by atoms with van der Waals surface area (Å²) in [6.07, 6.45) is 1.01. The number of likely N-dealkylation sites (tertiary alicyclic amines) is 1. The Balaban J connectivity index is 1.81. The van der Waals surface area contributed by atoms with Crippen molar-refractivity contribution in [2.45, 2.75) is 13.3 Å². The summed E-state index contributed by atoms with van der Waals surface area (Å²) in [5, 5.41) is 0. The van der Waals surface area contributed by atoms with Crippen molar-refractivity contribution in [3.8, 4) is 16.9 Å². The quantitative estimate of drug-likeness (QED) is 0.937. The minimum atomic E-state index is 0.133. The standard InChI is InChI=1S/C18H22N2O2S/c1-12-16(14-3-5-15(22-2)6-4-14)9-17(23-12)18(21)20-8-7-13(10-19)11-20/h3-6,9,13H,7-8,10-11,19H2,1-2H3. The molecule has 1 fully saturated rings. The van der Waals surface area contributed by atoms with Crippen LogP contribution in [0.2, 0.25) is 0 Å². The van der Waals surface area contributed by atoms with Crippen LogP contribution in [0.1, 0.15) is 21.0 Å². The zero-order valence-electron chi connectivity index (χ0n) is 13.5. The van der Waals surface area contributed by atoms with Crippen molar-refractivity contribution in [2.24, 2.45) is 11.7 Å². The Morgan fingerprint density at radius 3 is 2.74 bits per heavy atom. The molecule has 1 aliphatic heterocycles. The molecule has 1 saturated heterocycles. The molecule has 1 aliphatic rings. The fourth-order valence-corrected chi connectivity index (χ4v) is 4.02. The third kappa shape index (κ3) is 3.26. The molecule has 0 radical (unpaired) electrons. The lowest BCUT2D eigenvalue weighted by atomic mass is 10.1. The molecule has 2 heterocycles. The molecule has 0 bridgehead atoms. The van der Waals surface area contributed by atoms with Gasteiger partial charge in [-0.15, -0.1) is 11.3 Å². The first-order valence-electron chi connectivity index (χ1n) is 7.86. The minimum Gasteiger partial charge on any atom is -0.497 e. The van der Waals surface area contributed by atoms with E-state index in [1.807, 2.05) is 35.2 Å². The number of nitrogens with zero attached hydrogens (tertiary/aromatic N) is 1. The van der Waals surface area contributed by atoms with Gasteiger partial charge in [0.2, 0.25) is 0 Å². The van der Waals surface area contributed by atoms with E-state index in [2.05, 4.69) is 6.92 Å².